The third-order valence-electron chi connectivity index (χ3n) is 6.23. The van der Waals surface area contributed by atoms with Crippen molar-refractivity contribution < 1.29 is 29.1 Å². The van der Waals surface area contributed by atoms with Gasteiger partial charge in [0.05, 0.1) is 44.9 Å². The van der Waals surface area contributed by atoms with Crippen molar-refractivity contribution in [1.82, 2.24) is 4.90 Å². The summed E-state index contributed by atoms with van der Waals surface area (Å²) in [5.74, 6) is -0.456. The van der Waals surface area contributed by atoms with Crippen molar-refractivity contribution >= 4 is 17.4 Å². The van der Waals surface area contributed by atoms with Crippen LogP contribution < -0.4 is 19.5 Å². The Bertz CT molecular complexity index is 1040. The molecule has 2 aromatic carbocycles. The average molecular weight is 481 g/mol. The highest BCUT2D eigenvalue weighted by Gasteiger charge is 2.44. The van der Waals surface area contributed by atoms with Crippen LogP contribution in [0.15, 0.2) is 54.1 Å². The van der Waals surface area contributed by atoms with E-state index in [1.807, 2.05) is 45.0 Å². The Morgan fingerprint density at radius 1 is 0.971 bits per heavy atom. The fourth-order valence-corrected chi connectivity index (χ4v) is 4.36. The summed E-state index contributed by atoms with van der Waals surface area (Å²) in [6.07, 6.45) is 0.0207. The first-order chi connectivity index (χ1) is 16.8. The minimum atomic E-state index is -0.739. The molecule has 1 fully saturated rings. The molecule has 1 amide bonds. The first kappa shape index (κ1) is 26.3. The topological polar surface area (TPSA) is 83.3 Å². The van der Waals surface area contributed by atoms with Gasteiger partial charge >= 0.3 is 0 Å². The number of hydrogen-bond donors (Lipinski definition) is 1. The van der Waals surface area contributed by atoms with Gasteiger partial charge < -0.3 is 24.4 Å². The van der Waals surface area contributed by atoms with Crippen LogP contribution >= 0.6 is 0 Å². The molecule has 1 heterocycles. The highest BCUT2D eigenvalue weighted by atomic mass is 16.5. The fraction of sp³-hybridized carbons (Fsp3) is 0.429. The molecule has 0 spiro atoms. The summed E-state index contributed by atoms with van der Waals surface area (Å²) in [7, 11) is 0. The molecular formula is C28H36N2O5. The third kappa shape index (κ3) is 6.03. The summed E-state index contributed by atoms with van der Waals surface area (Å²) in [4.78, 5) is 29.2. The molecule has 0 radical (unpaired) electrons. The molecule has 1 saturated heterocycles. The molecule has 1 aliphatic heterocycles. The van der Waals surface area contributed by atoms with E-state index in [4.69, 9.17) is 9.47 Å². The number of Topliss-reactive ketones (excluding diaryl/α,β-unsaturated/α-hetero) is 1. The van der Waals surface area contributed by atoms with Gasteiger partial charge in [-0.2, -0.15) is 0 Å². The largest absolute Gasteiger partial charge is 0.872 e. The van der Waals surface area contributed by atoms with E-state index in [-0.39, 0.29) is 11.7 Å². The van der Waals surface area contributed by atoms with E-state index in [0.717, 1.165) is 13.1 Å². The SMILES string of the molecule is CCOc1ccc(C([O-])=C2C(=O)C(=O)N(CC[NH+](CC)CC)C2c2ccc(OC(C)C)cc2)cc1. The van der Waals surface area contributed by atoms with E-state index in [9.17, 15) is 14.7 Å². The number of amides is 1. The van der Waals surface area contributed by atoms with Crippen LogP contribution in [0.4, 0.5) is 0 Å². The number of ketones is 1. The van der Waals surface area contributed by atoms with Gasteiger partial charge in [0.15, 0.2) is 0 Å². The number of nitrogens with one attached hydrogen (secondary N) is 1. The lowest BCUT2D eigenvalue weighted by Crippen LogP contribution is -3.12. The van der Waals surface area contributed by atoms with E-state index in [1.165, 1.54) is 4.90 Å². The lowest BCUT2D eigenvalue weighted by atomic mass is 9.95. The predicted molar refractivity (Wildman–Crippen MR) is 133 cm³/mol. The van der Waals surface area contributed by atoms with Crippen LogP contribution in [0.25, 0.3) is 5.76 Å². The van der Waals surface area contributed by atoms with Crippen LogP contribution in [0.2, 0.25) is 0 Å². The highest BCUT2D eigenvalue weighted by molar-refractivity contribution is 6.46. The number of quaternary nitrogens is 1. The summed E-state index contributed by atoms with van der Waals surface area (Å²) >= 11 is 0. The Morgan fingerprint density at radius 2 is 1.57 bits per heavy atom. The van der Waals surface area contributed by atoms with Crippen LogP contribution in [0, 0.1) is 0 Å². The molecule has 1 atom stereocenters. The molecule has 7 heteroatoms. The lowest BCUT2D eigenvalue weighted by Gasteiger charge is -2.28. The summed E-state index contributed by atoms with van der Waals surface area (Å²) in [6, 6.07) is 13.2. The molecule has 0 aromatic heterocycles. The molecule has 2 aromatic rings. The zero-order chi connectivity index (χ0) is 25.5. The van der Waals surface area contributed by atoms with E-state index in [1.54, 1.807) is 29.2 Å². The monoisotopic (exact) mass is 480 g/mol. The lowest BCUT2D eigenvalue weighted by molar-refractivity contribution is -0.895. The number of likely N-dealkylation sites (N-methyl/N-ethyl adjacent to an activating group) is 1. The maximum absolute atomic E-state index is 13.6. The summed E-state index contributed by atoms with van der Waals surface area (Å²) in [5, 5.41) is 13.6. The molecule has 1 N–H and O–H groups in total. The predicted octanol–water partition coefficient (Wildman–Crippen LogP) is 2.02. The summed E-state index contributed by atoms with van der Waals surface area (Å²) in [5.41, 5.74) is 1.06. The second kappa shape index (κ2) is 11.9. The van der Waals surface area contributed by atoms with Gasteiger partial charge in [0.1, 0.15) is 11.5 Å². The number of ether oxygens (including phenoxy) is 2. The number of hydrogen-bond acceptors (Lipinski definition) is 5. The molecule has 7 nitrogen and oxygen atoms in total. The average Bonchev–Trinajstić information content (AvgIpc) is 3.10. The second-order valence-electron chi connectivity index (χ2n) is 8.87. The van der Waals surface area contributed by atoms with Gasteiger partial charge in [-0.3, -0.25) is 9.59 Å². The maximum atomic E-state index is 13.6. The Labute approximate surface area is 207 Å². The van der Waals surface area contributed by atoms with Crippen molar-refractivity contribution in [3.63, 3.8) is 0 Å². The number of carbonyl (C=O) groups excluding carboxylic acids is 2. The molecule has 0 bridgehead atoms. The number of nitrogens with zero attached hydrogens (tertiary/aromatic N) is 1. The molecule has 0 aliphatic carbocycles. The minimum absolute atomic E-state index is 0.00812. The highest BCUT2D eigenvalue weighted by Crippen LogP contribution is 2.39. The van der Waals surface area contributed by atoms with Crippen molar-refractivity contribution in [2.24, 2.45) is 0 Å². The summed E-state index contributed by atoms with van der Waals surface area (Å²) in [6.45, 7) is 13.4. The first-order valence-electron chi connectivity index (χ1n) is 12.4. The Hall–Kier alpha value is -3.32. The number of benzene rings is 2. The number of rotatable bonds is 11. The maximum Gasteiger partial charge on any atom is 0.295 e. The molecule has 1 unspecified atom stereocenters. The standard InChI is InChI=1S/C28H36N2O5/c1-6-29(7-2)17-18-30-25(20-9-15-23(16-10-20)35-19(4)5)24(27(32)28(30)33)26(31)21-11-13-22(14-12-21)34-8-3/h9-16,19,25,31H,6-8,17-18H2,1-5H3. The Morgan fingerprint density at radius 3 is 2.11 bits per heavy atom. The van der Waals surface area contributed by atoms with Gasteiger partial charge in [-0.1, -0.05) is 30.0 Å². The first-order valence-corrected chi connectivity index (χ1v) is 12.4. The minimum Gasteiger partial charge on any atom is -0.872 e. The normalized spacial score (nSPS) is 17.5. The van der Waals surface area contributed by atoms with Crippen LogP contribution in [-0.4, -0.2) is 55.5 Å². The van der Waals surface area contributed by atoms with Crippen molar-refractivity contribution in [2.45, 2.75) is 46.8 Å². The quantitative estimate of drug-likeness (QED) is 0.302. The van der Waals surface area contributed by atoms with Gasteiger partial charge in [0.2, 0.25) is 5.78 Å². The number of likely N-dealkylation sites (tertiary alicyclic amines) is 1. The second-order valence-corrected chi connectivity index (χ2v) is 8.87. The third-order valence-corrected chi connectivity index (χ3v) is 6.23. The smallest absolute Gasteiger partial charge is 0.295 e. The van der Waals surface area contributed by atoms with Crippen LogP contribution in [0.3, 0.4) is 0 Å². The van der Waals surface area contributed by atoms with Crippen molar-refractivity contribution in [2.75, 3.05) is 32.8 Å². The number of carbonyl (C=O) groups is 2. The van der Waals surface area contributed by atoms with E-state index in [0.29, 0.717) is 42.3 Å². The zero-order valence-corrected chi connectivity index (χ0v) is 21.3. The van der Waals surface area contributed by atoms with Gasteiger partial charge in [0.25, 0.3) is 5.91 Å². The molecule has 35 heavy (non-hydrogen) atoms. The Balaban J connectivity index is 2.04. The van der Waals surface area contributed by atoms with Crippen LogP contribution in [0.1, 0.15) is 51.8 Å². The van der Waals surface area contributed by atoms with Gasteiger partial charge in [0, 0.05) is 5.57 Å². The van der Waals surface area contributed by atoms with Crippen molar-refractivity contribution in [1.29, 1.82) is 0 Å². The molecule has 3 rings (SSSR count). The summed E-state index contributed by atoms with van der Waals surface area (Å²) < 4.78 is 11.2. The molecule has 188 valence electrons. The van der Waals surface area contributed by atoms with Gasteiger partial charge in [-0.15, -0.1) is 0 Å². The Kier molecular flexibility index (Phi) is 8.93. The molecule has 0 saturated carbocycles. The van der Waals surface area contributed by atoms with Crippen LogP contribution in [-0.2, 0) is 9.59 Å². The van der Waals surface area contributed by atoms with Crippen molar-refractivity contribution in [3.05, 3.63) is 65.2 Å². The van der Waals surface area contributed by atoms with Gasteiger partial charge in [-0.05, 0) is 70.0 Å². The van der Waals surface area contributed by atoms with E-state index in [2.05, 4.69) is 13.8 Å². The van der Waals surface area contributed by atoms with Crippen molar-refractivity contribution in [3.8, 4) is 11.5 Å². The molecule has 1 aliphatic rings. The zero-order valence-electron chi connectivity index (χ0n) is 21.3. The van der Waals surface area contributed by atoms with Crippen LogP contribution in [0.5, 0.6) is 11.5 Å². The van der Waals surface area contributed by atoms with E-state index < -0.39 is 23.5 Å². The molecular weight excluding hydrogens is 444 g/mol. The fourth-order valence-electron chi connectivity index (χ4n) is 4.36. The van der Waals surface area contributed by atoms with Gasteiger partial charge in [-0.25, -0.2) is 0 Å². The van der Waals surface area contributed by atoms with E-state index >= 15 is 0 Å².